The summed E-state index contributed by atoms with van der Waals surface area (Å²) in [4.78, 5) is 12.8. The molecular formula is C18H23F2NO3. The fraction of sp³-hybridized carbons (Fsp3) is 0.611. The summed E-state index contributed by atoms with van der Waals surface area (Å²) in [6.07, 6.45) is 0.813. The molecule has 3 N–H and O–H groups in total. The zero-order chi connectivity index (χ0) is 17.4. The molecule has 0 amide bonds. The third kappa shape index (κ3) is 3.30. The second-order valence-corrected chi connectivity index (χ2v) is 7.03. The molecule has 2 aliphatic carbocycles. The van der Waals surface area contributed by atoms with Crippen LogP contribution in [0.1, 0.15) is 44.1 Å². The van der Waals surface area contributed by atoms with Gasteiger partial charge in [-0.15, -0.1) is 0 Å². The highest BCUT2D eigenvalue weighted by atomic mass is 19.3. The van der Waals surface area contributed by atoms with Crippen molar-refractivity contribution in [2.24, 2.45) is 11.7 Å². The van der Waals surface area contributed by atoms with Gasteiger partial charge in [-0.3, -0.25) is 0 Å². The number of rotatable bonds is 4. The monoisotopic (exact) mass is 339 g/mol. The maximum atomic E-state index is 13.7. The van der Waals surface area contributed by atoms with Crippen LogP contribution in [-0.2, 0) is 15.1 Å². The molecule has 0 bridgehead atoms. The number of hydrogen-bond donors (Lipinski definition) is 2. The summed E-state index contributed by atoms with van der Waals surface area (Å²) in [6.45, 7) is 0. The van der Waals surface area contributed by atoms with Gasteiger partial charge in [0.05, 0.1) is 0 Å². The largest absolute Gasteiger partial charge is 0.460 e. The summed E-state index contributed by atoms with van der Waals surface area (Å²) in [5.74, 6) is -4.56. The Morgan fingerprint density at radius 3 is 2.50 bits per heavy atom. The van der Waals surface area contributed by atoms with Gasteiger partial charge in [-0.1, -0.05) is 30.3 Å². The van der Waals surface area contributed by atoms with Gasteiger partial charge in [0.2, 0.25) is 5.92 Å². The Balaban J connectivity index is 1.86. The topological polar surface area (TPSA) is 72.5 Å². The number of nitrogens with two attached hydrogens (primary N) is 1. The van der Waals surface area contributed by atoms with Crippen LogP contribution in [0.5, 0.6) is 0 Å². The average Bonchev–Trinajstić information content (AvgIpc) is 3.12. The van der Waals surface area contributed by atoms with Gasteiger partial charge in [0.15, 0.2) is 5.60 Å². The Kier molecular flexibility index (Phi) is 4.62. The number of benzene rings is 1. The SMILES string of the molecule is N[C@@H]1CC[C@@H](OC(=O)[C@](O)(c2ccccc2)[C@@H]2CCC(F)(F)C2)C1. The molecule has 2 aliphatic rings. The first kappa shape index (κ1) is 17.3. The molecule has 4 atom stereocenters. The Morgan fingerprint density at radius 1 is 1.25 bits per heavy atom. The standard InChI is InChI=1S/C18H23F2NO3/c19-17(20)9-8-13(11-17)18(23,12-4-2-1-3-5-12)16(22)24-15-7-6-14(21)10-15/h1-5,13-15,23H,6-11,21H2/t13-,14-,15-,18+/m1/s1. The van der Waals surface area contributed by atoms with Gasteiger partial charge in [0.25, 0.3) is 0 Å². The Bertz CT molecular complexity index is 595. The third-order valence-corrected chi connectivity index (χ3v) is 5.22. The predicted molar refractivity (Wildman–Crippen MR) is 84.3 cm³/mol. The summed E-state index contributed by atoms with van der Waals surface area (Å²) in [7, 11) is 0. The fourth-order valence-corrected chi connectivity index (χ4v) is 3.84. The maximum absolute atomic E-state index is 13.7. The first-order valence-corrected chi connectivity index (χ1v) is 8.43. The van der Waals surface area contributed by atoms with Gasteiger partial charge in [-0.2, -0.15) is 0 Å². The molecule has 0 spiro atoms. The lowest BCUT2D eigenvalue weighted by atomic mass is 9.80. The van der Waals surface area contributed by atoms with E-state index in [0.29, 0.717) is 18.4 Å². The number of halogens is 2. The summed E-state index contributed by atoms with van der Waals surface area (Å²) in [5.41, 5.74) is 4.08. The highest BCUT2D eigenvalue weighted by molar-refractivity contribution is 5.82. The minimum atomic E-state index is -2.86. The number of aliphatic hydroxyl groups is 1. The first-order valence-electron chi connectivity index (χ1n) is 8.43. The molecular weight excluding hydrogens is 316 g/mol. The van der Waals surface area contributed by atoms with Crippen LogP contribution in [0.15, 0.2) is 30.3 Å². The van der Waals surface area contributed by atoms with E-state index in [1.165, 1.54) is 0 Å². The van der Waals surface area contributed by atoms with E-state index in [4.69, 9.17) is 10.5 Å². The summed E-state index contributed by atoms with van der Waals surface area (Å²) >= 11 is 0. The number of ether oxygens (including phenoxy) is 1. The van der Waals surface area contributed by atoms with Crippen LogP contribution in [0.4, 0.5) is 8.78 Å². The predicted octanol–water partition coefficient (Wildman–Crippen LogP) is 2.73. The van der Waals surface area contributed by atoms with Crippen molar-refractivity contribution >= 4 is 5.97 Å². The highest BCUT2D eigenvalue weighted by Gasteiger charge is 2.54. The molecule has 1 aromatic rings. The van der Waals surface area contributed by atoms with Crippen LogP contribution < -0.4 is 5.73 Å². The minimum absolute atomic E-state index is 0.0246. The van der Waals surface area contributed by atoms with Crippen molar-refractivity contribution in [1.29, 1.82) is 0 Å². The van der Waals surface area contributed by atoms with Crippen LogP contribution in [-0.4, -0.2) is 29.1 Å². The van der Waals surface area contributed by atoms with Crippen LogP contribution in [0, 0.1) is 5.92 Å². The molecule has 0 aromatic heterocycles. The molecule has 24 heavy (non-hydrogen) atoms. The molecule has 1 aromatic carbocycles. The number of hydrogen-bond acceptors (Lipinski definition) is 4. The number of alkyl halides is 2. The van der Waals surface area contributed by atoms with Crippen LogP contribution in [0.3, 0.4) is 0 Å². The molecule has 0 unspecified atom stereocenters. The Morgan fingerprint density at radius 2 is 1.96 bits per heavy atom. The quantitative estimate of drug-likeness (QED) is 0.828. The molecule has 0 heterocycles. The van der Waals surface area contributed by atoms with Gasteiger partial charge >= 0.3 is 5.97 Å². The second kappa shape index (κ2) is 6.41. The molecule has 6 heteroatoms. The maximum Gasteiger partial charge on any atom is 0.343 e. The van der Waals surface area contributed by atoms with E-state index in [0.717, 1.165) is 6.42 Å². The number of esters is 1. The fourth-order valence-electron chi connectivity index (χ4n) is 3.84. The molecule has 0 radical (unpaired) electrons. The zero-order valence-corrected chi connectivity index (χ0v) is 13.5. The molecule has 132 valence electrons. The average molecular weight is 339 g/mol. The van der Waals surface area contributed by atoms with Crippen molar-refractivity contribution in [3.8, 4) is 0 Å². The third-order valence-electron chi connectivity index (χ3n) is 5.22. The first-order chi connectivity index (χ1) is 11.3. The Labute approximate surface area is 140 Å². The van der Waals surface area contributed by atoms with Crippen LogP contribution in [0.2, 0.25) is 0 Å². The smallest absolute Gasteiger partial charge is 0.343 e. The number of carbonyl (C=O) groups is 1. The lowest BCUT2D eigenvalue weighted by Crippen LogP contribution is -2.45. The van der Waals surface area contributed by atoms with Crippen molar-refractivity contribution in [2.45, 2.75) is 62.2 Å². The molecule has 4 nitrogen and oxygen atoms in total. The van der Waals surface area contributed by atoms with E-state index in [1.54, 1.807) is 30.3 Å². The second-order valence-electron chi connectivity index (χ2n) is 7.03. The van der Waals surface area contributed by atoms with E-state index in [9.17, 15) is 18.7 Å². The van der Waals surface area contributed by atoms with Crippen molar-refractivity contribution in [3.05, 3.63) is 35.9 Å². The van der Waals surface area contributed by atoms with Gasteiger partial charge in [-0.25, -0.2) is 13.6 Å². The summed E-state index contributed by atoms with van der Waals surface area (Å²) in [5, 5.41) is 11.2. The molecule has 2 fully saturated rings. The summed E-state index contributed by atoms with van der Waals surface area (Å²) < 4.78 is 32.8. The van der Waals surface area contributed by atoms with Crippen LogP contribution >= 0.6 is 0 Å². The number of carbonyl (C=O) groups excluding carboxylic acids is 1. The van der Waals surface area contributed by atoms with Gasteiger partial charge < -0.3 is 15.6 Å². The highest BCUT2D eigenvalue weighted by Crippen LogP contribution is 2.48. The molecule has 2 saturated carbocycles. The zero-order valence-electron chi connectivity index (χ0n) is 13.5. The van der Waals surface area contributed by atoms with Crippen molar-refractivity contribution < 1.29 is 23.4 Å². The van der Waals surface area contributed by atoms with E-state index >= 15 is 0 Å². The van der Waals surface area contributed by atoms with E-state index in [1.807, 2.05) is 0 Å². The minimum Gasteiger partial charge on any atom is -0.460 e. The molecule has 0 aliphatic heterocycles. The normalized spacial score (nSPS) is 31.6. The summed E-state index contributed by atoms with van der Waals surface area (Å²) in [6, 6.07) is 8.23. The lowest BCUT2D eigenvalue weighted by molar-refractivity contribution is -0.180. The van der Waals surface area contributed by atoms with Gasteiger partial charge in [0.1, 0.15) is 6.10 Å². The van der Waals surface area contributed by atoms with Gasteiger partial charge in [0, 0.05) is 24.8 Å². The van der Waals surface area contributed by atoms with Gasteiger partial charge in [-0.05, 0) is 31.2 Å². The lowest BCUT2D eigenvalue weighted by Gasteiger charge is -2.33. The van der Waals surface area contributed by atoms with Crippen LogP contribution in [0.25, 0.3) is 0 Å². The van der Waals surface area contributed by atoms with Crippen molar-refractivity contribution in [3.63, 3.8) is 0 Å². The van der Waals surface area contributed by atoms with Crippen molar-refractivity contribution in [1.82, 2.24) is 0 Å². The molecule has 0 saturated heterocycles. The van der Waals surface area contributed by atoms with E-state index in [-0.39, 0.29) is 25.0 Å². The molecule has 3 rings (SSSR count). The van der Waals surface area contributed by atoms with E-state index in [2.05, 4.69) is 0 Å². The van der Waals surface area contributed by atoms with Crippen molar-refractivity contribution in [2.75, 3.05) is 0 Å². The van der Waals surface area contributed by atoms with E-state index < -0.39 is 29.8 Å². The Hall–Kier alpha value is -1.53.